The Bertz CT molecular complexity index is 1040. The van der Waals surface area contributed by atoms with Gasteiger partial charge in [0.05, 0.1) is 17.7 Å². The molecule has 1 aliphatic rings. The summed E-state index contributed by atoms with van der Waals surface area (Å²) >= 11 is 1.47. The second kappa shape index (κ2) is 8.79. The zero-order chi connectivity index (χ0) is 21.1. The molecule has 2 unspecified atom stereocenters. The lowest BCUT2D eigenvalue weighted by Crippen LogP contribution is -2.33. The molecule has 154 valence electrons. The summed E-state index contributed by atoms with van der Waals surface area (Å²) in [6.45, 7) is 3.98. The van der Waals surface area contributed by atoms with Crippen LogP contribution in [0.25, 0.3) is 0 Å². The van der Waals surface area contributed by atoms with E-state index >= 15 is 0 Å². The number of fused-ring (bicyclic) bond motifs is 1. The molecule has 30 heavy (non-hydrogen) atoms. The number of nitrogens with one attached hydrogen (secondary N) is 2. The van der Waals surface area contributed by atoms with E-state index < -0.39 is 0 Å². The van der Waals surface area contributed by atoms with E-state index in [0.717, 1.165) is 41.0 Å². The van der Waals surface area contributed by atoms with Crippen molar-refractivity contribution >= 4 is 28.3 Å². The Labute approximate surface area is 180 Å². The summed E-state index contributed by atoms with van der Waals surface area (Å²) in [5.41, 5.74) is 3.59. The first-order valence-corrected chi connectivity index (χ1v) is 11.1. The first kappa shape index (κ1) is 20.3. The molecule has 6 heteroatoms. The van der Waals surface area contributed by atoms with Crippen LogP contribution in [0.15, 0.2) is 54.6 Å². The molecular formula is C24H25N3O2S. The number of hydrogen-bond donors (Lipinski definition) is 2. The third kappa shape index (κ3) is 4.44. The Morgan fingerprint density at radius 3 is 2.57 bits per heavy atom. The number of aryl methyl sites for hydroxylation is 2. The standard InChI is InChI=1S/C24H25N3O2S/c1-15-11-13-18(14-12-15)22(28)27-24-26-21-19(9-6-10-20(21)30-24)23(29)25-16(2)17-7-4-3-5-8-17/h3-5,7-8,11-14,16,19H,6,9-10H2,1-2H3,(H,25,29)(H,26,27,28). The molecule has 2 N–H and O–H groups in total. The van der Waals surface area contributed by atoms with Gasteiger partial charge in [-0.15, -0.1) is 11.3 Å². The number of hydrogen-bond acceptors (Lipinski definition) is 4. The maximum Gasteiger partial charge on any atom is 0.257 e. The molecule has 1 aliphatic carbocycles. The molecule has 0 aliphatic heterocycles. The van der Waals surface area contributed by atoms with Crippen molar-refractivity contribution in [3.05, 3.63) is 81.9 Å². The monoisotopic (exact) mass is 419 g/mol. The van der Waals surface area contributed by atoms with E-state index in [1.165, 1.54) is 11.3 Å². The summed E-state index contributed by atoms with van der Waals surface area (Å²) in [6.07, 6.45) is 2.61. The van der Waals surface area contributed by atoms with Crippen LogP contribution in [0.3, 0.4) is 0 Å². The zero-order valence-corrected chi connectivity index (χ0v) is 18.0. The van der Waals surface area contributed by atoms with Gasteiger partial charge in [-0.1, -0.05) is 48.0 Å². The molecule has 0 saturated heterocycles. The van der Waals surface area contributed by atoms with Gasteiger partial charge in [-0.2, -0.15) is 0 Å². The van der Waals surface area contributed by atoms with E-state index in [0.29, 0.717) is 10.7 Å². The van der Waals surface area contributed by atoms with E-state index in [1.54, 1.807) is 12.1 Å². The molecule has 4 rings (SSSR count). The predicted octanol–water partition coefficient (Wildman–Crippen LogP) is 5.00. The molecule has 1 aromatic heterocycles. The van der Waals surface area contributed by atoms with Gasteiger partial charge in [0.1, 0.15) is 0 Å². The smallest absolute Gasteiger partial charge is 0.257 e. The number of nitrogens with zero attached hydrogens (tertiary/aromatic N) is 1. The molecule has 2 atom stereocenters. The highest BCUT2D eigenvalue weighted by Crippen LogP contribution is 2.37. The third-order valence-electron chi connectivity index (χ3n) is 5.46. The van der Waals surface area contributed by atoms with Gasteiger partial charge in [0.15, 0.2) is 5.13 Å². The summed E-state index contributed by atoms with van der Waals surface area (Å²) < 4.78 is 0. The maximum atomic E-state index is 13.0. The van der Waals surface area contributed by atoms with Crippen LogP contribution in [-0.4, -0.2) is 16.8 Å². The third-order valence-corrected chi connectivity index (χ3v) is 6.51. The zero-order valence-electron chi connectivity index (χ0n) is 17.1. The van der Waals surface area contributed by atoms with Crippen molar-refractivity contribution in [2.24, 2.45) is 0 Å². The molecule has 0 saturated carbocycles. The highest BCUT2D eigenvalue weighted by atomic mass is 32.1. The molecule has 5 nitrogen and oxygen atoms in total. The molecule has 1 heterocycles. The highest BCUT2D eigenvalue weighted by molar-refractivity contribution is 7.16. The van der Waals surface area contributed by atoms with Crippen molar-refractivity contribution in [2.75, 3.05) is 5.32 Å². The van der Waals surface area contributed by atoms with Crippen LogP contribution in [0.1, 0.15) is 63.8 Å². The van der Waals surface area contributed by atoms with E-state index in [9.17, 15) is 9.59 Å². The van der Waals surface area contributed by atoms with Crippen LogP contribution < -0.4 is 10.6 Å². The summed E-state index contributed by atoms with van der Waals surface area (Å²) in [4.78, 5) is 31.3. The number of amides is 2. The van der Waals surface area contributed by atoms with Crippen molar-refractivity contribution in [1.29, 1.82) is 0 Å². The topological polar surface area (TPSA) is 71.1 Å². The summed E-state index contributed by atoms with van der Waals surface area (Å²) in [7, 11) is 0. The number of aromatic nitrogens is 1. The fourth-order valence-electron chi connectivity index (χ4n) is 3.74. The van der Waals surface area contributed by atoms with E-state index in [-0.39, 0.29) is 23.8 Å². The summed E-state index contributed by atoms with van der Waals surface area (Å²) in [5.74, 6) is -0.463. The van der Waals surface area contributed by atoms with Gasteiger partial charge in [0, 0.05) is 10.4 Å². The molecular weight excluding hydrogens is 394 g/mol. The van der Waals surface area contributed by atoms with Gasteiger partial charge < -0.3 is 5.32 Å². The average Bonchev–Trinajstić information content (AvgIpc) is 3.17. The molecule has 0 radical (unpaired) electrons. The fourth-order valence-corrected chi connectivity index (χ4v) is 4.80. The van der Waals surface area contributed by atoms with Crippen LogP contribution in [0.2, 0.25) is 0 Å². The minimum absolute atomic E-state index is 0.00554. The quantitative estimate of drug-likeness (QED) is 0.611. The Balaban J connectivity index is 1.47. The number of benzene rings is 2. The van der Waals surface area contributed by atoms with Gasteiger partial charge >= 0.3 is 0 Å². The second-order valence-electron chi connectivity index (χ2n) is 7.73. The summed E-state index contributed by atoms with van der Waals surface area (Å²) in [5, 5.41) is 6.58. The number of thiazole rings is 1. The van der Waals surface area contributed by atoms with Crippen molar-refractivity contribution in [1.82, 2.24) is 10.3 Å². The van der Waals surface area contributed by atoms with Crippen LogP contribution in [0.4, 0.5) is 5.13 Å². The number of anilines is 1. The lowest BCUT2D eigenvalue weighted by molar-refractivity contribution is -0.123. The number of rotatable bonds is 5. The van der Waals surface area contributed by atoms with E-state index in [4.69, 9.17) is 0 Å². The van der Waals surface area contributed by atoms with E-state index in [2.05, 4.69) is 15.6 Å². The molecule has 0 spiro atoms. The van der Waals surface area contributed by atoms with Crippen molar-refractivity contribution < 1.29 is 9.59 Å². The van der Waals surface area contributed by atoms with Crippen molar-refractivity contribution in [3.8, 4) is 0 Å². The molecule has 2 aromatic carbocycles. The molecule has 0 bridgehead atoms. The SMILES string of the molecule is Cc1ccc(C(=O)Nc2nc3c(s2)CCCC3C(=O)NC(C)c2ccccc2)cc1. The largest absolute Gasteiger partial charge is 0.349 e. The van der Waals surface area contributed by atoms with Crippen LogP contribution >= 0.6 is 11.3 Å². The van der Waals surface area contributed by atoms with Gasteiger partial charge in [0.25, 0.3) is 5.91 Å². The molecule has 3 aromatic rings. The van der Waals surface area contributed by atoms with Gasteiger partial charge in [-0.3, -0.25) is 14.9 Å². The Morgan fingerprint density at radius 2 is 1.83 bits per heavy atom. The van der Waals surface area contributed by atoms with Crippen LogP contribution in [-0.2, 0) is 11.2 Å². The average molecular weight is 420 g/mol. The summed E-state index contributed by atoms with van der Waals surface area (Å²) in [6, 6.07) is 17.3. The van der Waals surface area contributed by atoms with Gasteiger partial charge in [-0.25, -0.2) is 4.98 Å². The van der Waals surface area contributed by atoms with Gasteiger partial charge in [-0.05, 0) is 50.8 Å². The minimum Gasteiger partial charge on any atom is -0.349 e. The van der Waals surface area contributed by atoms with Crippen molar-refractivity contribution in [2.45, 2.75) is 45.1 Å². The second-order valence-corrected chi connectivity index (χ2v) is 8.82. The Kier molecular flexibility index (Phi) is 5.95. The fraction of sp³-hybridized carbons (Fsp3) is 0.292. The Morgan fingerprint density at radius 1 is 1.10 bits per heavy atom. The lowest BCUT2D eigenvalue weighted by atomic mass is 9.90. The van der Waals surface area contributed by atoms with E-state index in [1.807, 2.05) is 56.3 Å². The van der Waals surface area contributed by atoms with Crippen LogP contribution in [0.5, 0.6) is 0 Å². The predicted molar refractivity (Wildman–Crippen MR) is 120 cm³/mol. The minimum atomic E-state index is -0.277. The molecule has 2 amide bonds. The Hall–Kier alpha value is -2.99. The number of carbonyl (C=O) groups is 2. The maximum absolute atomic E-state index is 13.0. The van der Waals surface area contributed by atoms with Crippen molar-refractivity contribution in [3.63, 3.8) is 0 Å². The van der Waals surface area contributed by atoms with Crippen LogP contribution in [0, 0.1) is 6.92 Å². The lowest BCUT2D eigenvalue weighted by Gasteiger charge is -2.23. The first-order valence-electron chi connectivity index (χ1n) is 10.2. The number of carbonyl (C=O) groups excluding carboxylic acids is 2. The van der Waals surface area contributed by atoms with Gasteiger partial charge in [0.2, 0.25) is 5.91 Å². The highest BCUT2D eigenvalue weighted by Gasteiger charge is 2.31. The first-order chi connectivity index (χ1) is 14.5. The molecule has 0 fully saturated rings. The normalized spacial score (nSPS) is 16.4.